The van der Waals surface area contributed by atoms with Gasteiger partial charge in [-0.2, -0.15) is 0 Å². The molecule has 25 heavy (non-hydrogen) atoms. The number of anilines is 1. The van der Waals surface area contributed by atoms with Gasteiger partial charge in [0, 0.05) is 6.42 Å². The van der Waals surface area contributed by atoms with Crippen molar-refractivity contribution in [2.45, 2.75) is 37.6 Å². The van der Waals surface area contributed by atoms with Gasteiger partial charge < -0.3 is 9.84 Å². The number of imide groups is 1. The van der Waals surface area contributed by atoms with Crippen LogP contribution in [0.3, 0.4) is 0 Å². The van der Waals surface area contributed by atoms with Crippen LogP contribution in [0.2, 0.25) is 5.02 Å². The van der Waals surface area contributed by atoms with Crippen LogP contribution in [-0.2, 0) is 14.3 Å². The van der Waals surface area contributed by atoms with Crippen molar-refractivity contribution in [2.75, 3.05) is 4.90 Å². The number of nitrogens with zero attached hydrogens (tertiary/aromatic N) is 3. The van der Waals surface area contributed by atoms with Crippen LogP contribution in [-0.4, -0.2) is 44.5 Å². The molecule has 2 bridgehead atoms. The number of halogens is 1. The van der Waals surface area contributed by atoms with Gasteiger partial charge in [0.2, 0.25) is 11.8 Å². The van der Waals surface area contributed by atoms with Gasteiger partial charge in [0.25, 0.3) is 0 Å². The molecule has 1 N–H and O–H groups in total. The van der Waals surface area contributed by atoms with Gasteiger partial charge in [0.1, 0.15) is 5.60 Å². The monoisotopic (exact) mass is 363 g/mol. The van der Waals surface area contributed by atoms with E-state index in [2.05, 4.69) is 10.3 Å². The average molecular weight is 364 g/mol. The molecule has 2 amide bonds. The summed E-state index contributed by atoms with van der Waals surface area (Å²) < 4.78 is 10.7. The van der Waals surface area contributed by atoms with E-state index in [4.69, 9.17) is 21.0 Å². The Bertz CT molecular complexity index is 960. The molecule has 3 aliphatic rings. The Morgan fingerprint density at radius 2 is 1.88 bits per heavy atom. The second-order valence-electron chi connectivity index (χ2n) is 7.31. The highest BCUT2D eigenvalue weighted by Gasteiger charge is 2.75. The number of aliphatic hydroxyl groups is 1. The minimum Gasteiger partial charge on any atom is -0.390 e. The van der Waals surface area contributed by atoms with Crippen LogP contribution in [0.15, 0.2) is 16.8 Å². The molecule has 0 aliphatic carbocycles. The molecule has 9 heteroatoms. The molecule has 0 spiro atoms. The minimum atomic E-state index is -1.07. The molecule has 0 radical (unpaired) electrons. The lowest BCUT2D eigenvalue weighted by Crippen LogP contribution is -2.49. The van der Waals surface area contributed by atoms with Crippen molar-refractivity contribution in [2.24, 2.45) is 11.8 Å². The molecule has 5 rings (SSSR count). The zero-order chi connectivity index (χ0) is 17.7. The Hall–Kier alpha value is -2.03. The highest BCUT2D eigenvalue weighted by molar-refractivity contribution is 6.36. The van der Waals surface area contributed by atoms with Crippen molar-refractivity contribution in [1.29, 1.82) is 0 Å². The van der Waals surface area contributed by atoms with E-state index in [-0.39, 0.29) is 22.6 Å². The number of rotatable bonds is 1. The third-order valence-corrected chi connectivity index (χ3v) is 6.19. The quantitative estimate of drug-likeness (QED) is 0.761. The fraction of sp³-hybridized carbons (Fsp3) is 0.500. The molecule has 2 aromatic rings. The Labute approximate surface area is 146 Å². The second-order valence-corrected chi connectivity index (χ2v) is 7.72. The topological polar surface area (TPSA) is 106 Å². The van der Waals surface area contributed by atoms with Crippen LogP contribution in [0, 0.1) is 11.8 Å². The fourth-order valence-corrected chi connectivity index (χ4v) is 4.95. The normalized spacial score (nSPS) is 39.7. The number of amides is 2. The molecule has 130 valence electrons. The summed E-state index contributed by atoms with van der Waals surface area (Å²) in [4.78, 5) is 27.4. The molecule has 5 atom stereocenters. The van der Waals surface area contributed by atoms with Crippen LogP contribution in [0.4, 0.5) is 5.69 Å². The Morgan fingerprint density at radius 3 is 2.64 bits per heavy atom. The Balaban J connectivity index is 1.68. The summed E-state index contributed by atoms with van der Waals surface area (Å²) >= 11 is 6.06. The summed E-state index contributed by atoms with van der Waals surface area (Å²) in [6.45, 7) is 3.47. The number of hydrogen-bond donors (Lipinski definition) is 1. The standard InChI is InChI=1S/C16H14ClN3O5/c1-15-5-8(21)16(2,24-15)10-9(15)13(22)20(14(10)23)7-4-3-6(17)11-12(7)19-25-18-11/h3-4,8-10,21H,5H2,1-2H3. The molecule has 1 aromatic carbocycles. The van der Waals surface area contributed by atoms with Crippen molar-refractivity contribution < 1.29 is 24.1 Å². The molecule has 3 saturated heterocycles. The molecule has 3 fully saturated rings. The first-order valence-electron chi connectivity index (χ1n) is 7.95. The molecule has 4 heterocycles. The van der Waals surface area contributed by atoms with Gasteiger partial charge in [-0.1, -0.05) is 11.6 Å². The lowest BCUT2D eigenvalue weighted by molar-refractivity contribution is -0.132. The van der Waals surface area contributed by atoms with Gasteiger partial charge in [-0.15, -0.1) is 0 Å². The van der Waals surface area contributed by atoms with Crippen molar-refractivity contribution in [3.05, 3.63) is 17.2 Å². The minimum absolute atomic E-state index is 0.248. The number of aliphatic hydroxyl groups excluding tert-OH is 1. The molecular weight excluding hydrogens is 350 g/mol. The molecule has 5 unspecified atom stereocenters. The molecule has 1 aromatic heterocycles. The van der Waals surface area contributed by atoms with Crippen molar-refractivity contribution in [1.82, 2.24) is 10.3 Å². The van der Waals surface area contributed by atoms with E-state index < -0.39 is 35.0 Å². The van der Waals surface area contributed by atoms with Crippen molar-refractivity contribution in [3.8, 4) is 0 Å². The number of benzene rings is 1. The number of hydrogen-bond acceptors (Lipinski definition) is 7. The first kappa shape index (κ1) is 15.2. The van der Waals surface area contributed by atoms with E-state index in [9.17, 15) is 14.7 Å². The van der Waals surface area contributed by atoms with Crippen LogP contribution < -0.4 is 4.90 Å². The van der Waals surface area contributed by atoms with Gasteiger partial charge >= 0.3 is 0 Å². The smallest absolute Gasteiger partial charge is 0.240 e. The van der Waals surface area contributed by atoms with E-state index in [1.807, 2.05) is 0 Å². The van der Waals surface area contributed by atoms with Crippen LogP contribution in [0.1, 0.15) is 20.3 Å². The third-order valence-electron chi connectivity index (χ3n) is 5.88. The van der Waals surface area contributed by atoms with Crippen LogP contribution in [0.5, 0.6) is 0 Å². The summed E-state index contributed by atoms with van der Waals surface area (Å²) in [6, 6.07) is 3.09. The maximum Gasteiger partial charge on any atom is 0.240 e. The molecule has 8 nitrogen and oxygen atoms in total. The second kappa shape index (κ2) is 4.38. The Kier molecular flexibility index (Phi) is 2.67. The summed E-state index contributed by atoms with van der Waals surface area (Å²) in [6.07, 6.45) is -0.478. The summed E-state index contributed by atoms with van der Waals surface area (Å²) in [7, 11) is 0. The lowest BCUT2D eigenvalue weighted by atomic mass is 9.67. The average Bonchev–Trinajstić information content (AvgIpc) is 3.22. The zero-order valence-electron chi connectivity index (χ0n) is 13.4. The predicted octanol–water partition coefficient (Wildman–Crippen LogP) is 1.29. The van der Waals surface area contributed by atoms with Gasteiger partial charge in [-0.3, -0.25) is 9.59 Å². The molecule has 3 aliphatic heterocycles. The third kappa shape index (κ3) is 1.60. The maximum absolute atomic E-state index is 13.1. The van der Waals surface area contributed by atoms with Gasteiger partial charge in [-0.25, -0.2) is 9.53 Å². The van der Waals surface area contributed by atoms with Gasteiger partial charge in [0.15, 0.2) is 11.0 Å². The van der Waals surface area contributed by atoms with Crippen molar-refractivity contribution >= 4 is 40.1 Å². The number of carbonyl (C=O) groups excluding carboxylic acids is 2. The number of fused-ring (bicyclic) bond motifs is 6. The highest BCUT2D eigenvalue weighted by atomic mass is 35.5. The molecule has 0 saturated carbocycles. The maximum atomic E-state index is 13.1. The van der Waals surface area contributed by atoms with Gasteiger partial charge in [-0.05, 0) is 36.3 Å². The number of ether oxygens (including phenoxy) is 1. The lowest BCUT2D eigenvalue weighted by Gasteiger charge is -2.31. The van der Waals surface area contributed by atoms with E-state index >= 15 is 0 Å². The van der Waals surface area contributed by atoms with E-state index in [1.165, 1.54) is 0 Å². The summed E-state index contributed by atoms with van der Waals surface area (Å²) in [5.41, 5.74) is -1.12. The SMILES string of the molecule is CC12CC(O)C(C)(O1)C1C(=O)N(c3ccc(Cl)c4nonc34)C(=O)C12. The van der Waals surface area contributed by atoms with Gasteiger partial charge in [0.05, 0.1) is 34.3 Å². The first-order chi connectivity index (χ1) is 11.8. The molecular formula is C16H14ClN3O5. The number of carbonyl (C=O) groups is 2. The highest BCUT2D eigenvalue weighted by Crippen LogP contribution is 2.61. The van der Waals surface area contributed by atoms with E-state index in [0.717, 1.165) is 4.90 Å². The largest absolute Gasteiger partial charge is 0.390 e. The summed E-state index contributed by atoms with van der Waals surface area (Å²) in [5.74, 6) is -2.15. The van der Waals surface area contributed by atoms with Crippen LogP contribution >= 0.6 is 11.6 Å². The zero-order valence-corrected chi connectivity index (χ0v) is 14.1. The predicted molar refractivity (Wildman–Crippen MR) is 84.8 cm³/mol. The summed E-state index contributed by atoms with van der Waals surface area (Å²) in [5, 5.41) is 18.2. The number of aromatic nitrogens is 2. The van der Waals surface area contributed by atoms with Crippen LogP contribution in [0.25, 0.3) is 11.0 Å². The Morgan fingerprint density at radius 1 is 1.20 bits per heavy atom. The first-order valence-corrected chi connectivity index (χ1v) is 8.32. The van der Waals surface area contributed by atoms with Crippen molar-refractivity contribution in [3.63, 3.8) is 0 Å². The van der Waals surface area contributed by atoms with E-state index in [0.29, 0.717) is 11.4 Å². The fourth-order valence-electron chi connectivity index (χ4n) is 4.76. The van der Waals surface area contributed by atoms with E-state index in [1.54, 1.807) is 26.0 Å².